The van der Waals surface area contributed by atoms with Crippen LogP contribution in [0, 0.1) is 0 Å². The van der Waals surface area contributed by atoms with Crippen molar-refractivity contribution in [3.8, 4) is 0 Å². The predicted octanol–water partition coefficient (Wildman–Crippen LogP) is 11.1. The summed E-state index contributed by atoms with van der Waals surface area (Å²) in [6, 6.07) is 42.7. The summed E-state index contributed by atoms with van der Waals surface area (Å²) in [5, 5.41) is 0. The Morgan fingerprint density at radius 1 is 0.549 bits per heavy atom. The van der Waals surface area contributed by atoms with Crippen molar-refractivity contribution in [2.75, 3.05) is 0 Å². The lowest BCUT2D eigenvalue weighted by Crippen LogP contribution is -2.27. The van der Waals surface area contributed by atoms with E-state index in [1.807, 2.05) is 6.07 Å². The molecule has 51 heavy (non-hydrogen) atoms. The fourth-order valence-corrected chi connectivity index (χ4v) is 11.5. The molecule has 0 aromatic heterocycles. The van der Waals surface area contributed by atoms with Crippen LogP contribution >= 0.6 is 38.0 Å². The number of hydrogen-bond donors (Lipinski definition) is 0. The van der Waals surface area contributed by atoms with Crippen molar-refractivity contribution >= 4 is 59.7 Å². The topological polar surface area (TPSA) is 77.5 Å². The molecule has 0 fully saturated rings. The van der Waals surface area contributed by atoms with Gasteiger partial charge in [0.25, 0.3) is 0 Å². The maximum Gasteiger partial charge on any atom is 0.524 e. The van der Waals surface area contributed by atoms with Gasteiger partial charge in [0.05, 0.1) is 0 Å². The van der Waals surface area contributed by atoms with Gasteiger partial charge < -0.3 is 0 Å². The van der Waals surface area contributed by atoms with Crippen LogP contribution in [0.15, 0.2) is 187 Å². The van der Waals surface area contributed by atoms with E-state index >= 15 is 0 Å². The molecule has 0 aliphatic carbocycles. The minimum atomic E-state index is -6.13. The third-order valence-corrected chi connectivity index (χ3v) is 14.2. The Morgan fingerprint density at radius 3 is 1.49 bits per heavy atom. The minimum Gasteiger partial charge on any atom is -0.289 e. The van der Waals surface area contributed by atoms with Crippen LogP contribution in [0.2, 0.25) is 0 Å². The Bertz CT molecular complexity index is 2290. The second kappa shape index (κ2) is 15.0. The zero-order valence-electron chi connectivity index (χ0n) is 26.3. The van der Waals surface area contributed by atoms with Crippen molar-refractivity contribution in [1.29, 1.82) is 0 Å². The van der Waals surface area contributed by atoms with Crippen molar-refractivity contribution in [2.24, 2.45) is 0 Å². The molecule has 0 heterocycles. The minimum absolute atomic E-state index is 0.133. The van der Waals surface area contributed by atoms with Gasteiger partial charge in [0.1, 0.15) is 0 Å². The van der Waals surface area contributed by atoms with Gasteiger partial charge in [0.2, 0.25) is 0 Å². The number of benzene rings is 6. The highest BCUT2D eigenvalue weighted by atomic mass is 79.9. The molecule has 0 spiro atoms. The number of carbonyl (C=O) groups excluding carboxylic acids is 2. The molecule has 0 radical (unpaired) electrons. The molecule has 0 bridgehead atoms. The molecule has 0 saturated carbocycles. The van der Waals surface area contributed by atoms with Gasteiger partial charge in [-0.2, -0.15) is 25.2 Å². The fourth-order valence-electron chi connectivity index (χ4n) is 5.19. The molecule has 0 N–H and O–H groups in total. The number of carbonyl (C=O) groups is 2. The van der Waals surface area contributed by atoms with Crippen molar-refractivity contribution in [3.63, 3.8) is 0 Å². The lowest BCUT2D eigenvalue weighted by atomic mass is 10.0. The van der Waals surface area contributed by atoms with E-state index in [4.69, 9.17) is 3.63 Å². The van der Waals surface area contributed by atoms with Crippen LogP contribution in [-0.4, -0.2) is 25.5 Å². The normalized spacial score (nSPS) is 13.6. The summed E-state index contributed by atoms with van der Waals surface area (Å²) in [5.74, 6) is -0.452. The Balaban J connectivity index is 1.40. The Hall–Kier alpha value is -4.46. The molecule has 0 amide bonds. The molecule has 258 valence electrons. The molecule has 6 aromatic carbocycles. The molecule has 0 saturated heterocycles. The van der Waals surface area contributed by atoms with Gasteiger partial charge >= 0.3 is 15.6 Å². The van der Waals surface area contributed by atoms with Crippen LogP contribution in [-0.2, 0) is 13.7 Å². The average molecular weight is 808 g/mol. The van der Waals surface area contributed by atoms with Crippen molar-refractivity contribution in [1.82, 2.24) is 0 Å². The maximum absolute atomic E-state index is 14.0. The van der Waals surface area contributed by atoms with Gasteiger partial charge in [0, 0.05) is 51.2 Å². The zero-order chi connectivity index (χ0) is 36.2. The number of halogens is 4. The lowest BCUT2D eigenvalue weighted by Gasteiger charge is -2.39. The first kappa shape index (κ1) is 36.3. The second-order valence-electron chi connectivity index (χ2n) is 11.0. The molecular weight excluding hydrogens is 782 g/mol. The summed E-state index contributed by atoms with van der Waals surface area (Å²) >= 11 is 4.84. The van der Waals surface area contributed by atoms with E-state index in [0.717, 1.165) is 4.90 Å². The highest BCUT2D eigenvalue weighted by Gasteiger charge is 2.52. The Morgan fingerprint density at radius 2 is 0.980 bits per heavy atom. The van der Waals surface area contributed by atoms with Gasteiger partial charge in [-0.15, -0.1) is 0 Å². The highest BCUT2D eigenvalue weighted by Crippen LogP contribution is 2.70. The summed E-state index contributed by atoms with van der Waals surface area (Å²) < 4.78 is 73.7. The van der Waals surface area contributed by atoms with Crippen LogP contribution in [0.5, 0.6) is 0 Å². The van der Waals surface area contributed by atoms with Crippen LogP contribution < -0.4 is 0 Å². The number of ketones is 2. The predicted molar refractivity (Wildman–Crippen MR) is 196 cm³/mol. The van der Waals surface area contributed by atoms with Gasteiger partial charge in [0.15, 0.2) is 11.6 Å². The van der Waals surface area contributed by atoms with E-state index in [9.17, 15) is 31.2 Å². The molecule has 12 heteroatoms. The third kappa shape index (κ3) is 7.75. The van der Waals surface area contributed by atoms with E-state index in [2.05, 4.69) is 15.9 Å². The van der Waals surface area contributed by atoms with Crippen molar-refractivity contribution < 1.29 is 34.8 Å². The number of rotatable bonds is 11. The van der Waals surface area contributed by atoms with E-state index in [1.54, 1.807) is 115 Å². The largest absolute Gasteiger partial charge is 0.524 e. The van der Waals surface area contributed by atoms with E-state index in [-0.39, 0.29) is 31.8 Å². The van der Waals surface area contributed by atoms with Gasteiger partial charge in [-0.25, -0.2) is 0 Å². The Kier molecular flexibility index (Phi) is 10.7. The smallest absolute Gasteiger partial charge is 0.289 e. The molecule has 1 unspecified atom stereocenters. The summed E-state index contributed by atoms with van der Waals surface area (Å²) in [6.45, 7) is 0. The SMILES string of the molecule is O=C(c1ccccc1)c1ccc(S(OS(=O)(=O)C(F)(F)F)(c2ccccc2)c2ccc(Sc3ccc(C(=O)c4ccccc4)c(Br)c3)cc2)cc1. The summed E-state index contributed by atoms with van der Waals surface area (Å²) in [6.07, 6.45) is 0. The first-order valence-electron chi connectivity index (χ1n) is 15.2. The number of alkyl halides is 3. The van der Waals surface area contributed by atoms with E-state index in [1.165, 1.54) is 48.2 Å². The molecule has 0 aliphatic rings. The van der Waals surface area contributed by atoms with Gasteiger partial charge in [-0.05, 0) is 105 Å². The maximum atomic E-state index is 14.0. The number of hydrogen-bond acceptors (Lipinski definition) is 6. The van der Waals surface area contributed by atoms with Crippen LogP contribution in [0.25, 0.3) is 0 Å². The second-order valence-corrected chi connectivity index (χ2v) is 17.4. The third-order valence-electron chi connectivity index (χ3n) is 7.65. The molecule has 6 aromatic rings. The quantitative estimate of drug-likeness (QED) is 0.0958. The summed E-state index contributed by atoms with van der Waals surface area (Å²) in [5.41, 5.74) is -4.00. The lowest BCUT2D eigenvalue weighted by molar-refractivity contribution is -0.0496. The van der Waals surface area contributed by atoms with Crippen LogP contribution in [0.1, 0.15) is 31.8 Å². The Labute approximate surface area is 307 Å². The molecule has 1 atom stereocenters. The van der Waals surface area contributed by atoms with E-state index < -0.39 is 25.9 Å². The standard InChI is InChI=1S/C39H26BrF3O5S3/c40-36-26-31(20-25-35(36)38(45)28-12-6-2-7-13-28)49-30-18-23-34(24-19-30)50(32-14-8-3-9-15-32,48-51(46,47)39(41,42)43)33-21-16-29(17-22-33)37(44)27-10-4-1-5-11-27/h1-26H. The average Bonchev–Trinajstić information content (AvgIpc) is 3.14. The van der Waals surface area contributed by atoms with Gasteiger partial charge in [-0.1, -0.05) is 90.6 Å². The first-order valence-corrected chi connectivity index (χ1v) is 19.7. The first-order chi connectivity index (χ1) is 24.4. The van der Waals surface area contributed by atoms with Crippen molar-refractivity contribution in [2.45, 2.75) is 30.0 Å². The highest BCUT2D eigenvalue weighted by molar-refractivity contribution is 9.10. The molecule has 0 aliphatic heterocycles. The fraction of sp³-hybridized carbons (Fsp3) is 0.0256. The van der Waals surface area contributed by atoms with Crippen LogP contribution in [0.3, 0.4) is 0 Å². The zero-order valence-corrected chi connectivity index (χ0v) is 30.3. The van der Waals surface area contributed by atoms with Gasteiger partial charge in [-0.3, -0.25) is 9.59 Å². The summed E-state index contributed by atoms with van der Waals surface area (Å²) in [4.78, 5) is 28.1. The van der Waals surface area contributed by atoms with E-state index in [0.29, 0.717) is 26.1 Å². The molecule has 5 nitrogen and oxygen atoms in total. The van der Waals surface area contributed by atoms with Crippen molar-refractivity contribution in [3.05, 3.63) is 184 Å². The monoisotopic (exact) mass is 806 g/mol. The molecular formula is C39H26BrF3O5S3. The summed E-state index contributed by atoms with van der Waals surface area (Å²) in [7, 11) is -9.72. The molecule has 6 rings (SSSR count). The van der Waals surface area contributed by atoms with Crippen LogP contribution in [0.4, 0.5) is 13.2 Å².